The van der Waals surface area contributed by atoms with Gasteiger partial charge in [-0.2, -0.15) is 0 Å². The van der Waals surface area contributed by atoms with Gasteiger partial charge in [-0.05, 0) is 12.8 Å². The van der Waals surface area contributed by atoms with Crippen molar-refractivity contribution < 1.29 is 8.42 Å². The Morgan fingerprint density at radius 1 is 1.28 bits per heavy atom. The van der Waals surface area contributed by atoms with Crippen LogP contribution in [0.1, 0.15) is 39.0 Å². The minimum Gasteiger partial charge on any atom is -0.355 e. The number of guanidine groups is 1. The predicted octanol–water partition coefficient (Wildman–Crippen LogP) is 0.919. The van der Waals surface area contributed by atoms with Gasteiger partial charge in [0.15, 0.2) is 15.8 Å². The van der Waals surface area contributed by atoms with E-state index < -0.39 is 9.84 Å². The van der Waals surface area contributed by atoms with Gasteiger partial charge in [0.2, 0.25) is 0 Å². The van der Waals surface area contributed by atoms with Crippen LogP contribution >= 0.6 is 0 Å². The summed E-state index contributed by atoms with van der Waals surface area (Å²) in [7, 11) is -1.19. The lowest BCUT2D eigenvalue weighted by atomic mass is 9.96. The first-order valence-electron chi connectivity index (χ1n) is 6.75. The van der Waals surface area contributed by atoms with Crippen molar-refractivity contribution in [3.8, 4) is 0 Å². The molecule has 0 bridgehead atoms. The lowest BCUT2D eigenvalue weighted by Crippen LogP contribution is -2.45. The molecule has 0 spiro atoms. The van der Waals surface area contributed by atoms with Crippen molar-refractivity contribution in [2.45, 2.75) is 45.1 Å². The summed E-state index contributed by atoms with van der Waals surface area (Å²) < 4.78 is 22.7. The largest absolute Gasteiger partial charge is 0.355 e. The summed E-state index contributed by atoms with van der Waals surface area (Å²) >= 11 is 0. The maximum atomic E-state index is 11.4. The first kappa shape index (κ1) is 15.3. The van der Waals surface area contributed by atoms with Crippen molar-refractivity contribution in [2.24, 2.45) is 4.99 Å². The molecule has 0 aromatic rings. The molecule has 0 radical (unpaired) electrons. The van der Waals surface area contributed by atoms with Gasteiger partial charge in [0.25, 0.3) is 0 Å². The van der Waals surface area contributed by atoms with Crippen LogP contribution in [-0.4, -0.2) is 45.5 Å². The fraction of sp³-hybridized carbons (Fsp3) is 0.917. The Morgan fingerprint density at radius 2 is 1.94 bits per heavy atom. The van der Waals surface area contributed by atoms with Gasteiger partial charge in [-0.25, -0.2) is 8.42 Å². The maximum Gasteiger partial charge on any atom is 0.191 e. The molecule has 0 aliphatic heterocycles. The third-order valence-corrected chi connectivity index (χ3v) is 5.02. The van der Waals surface area contributed by atoms with Gasteiger partial charge in [0.05, 0.1) is 5.75 Å². The third kappa shape index (κ3) is 5.71. The predicted molar refractivity (Wildman–Crippen MR) is 75.7 cm³/mol. The summed E-state index contributed by atoms with van der Waals surface area (Å²) in [6, 6.07) is 0.479. The van der Waals surface area contributed by atoms with Gasteiger partial charge < -0.3 is 10.6 Å². The molecule has 0 saturated heterocycles. The van der Waals surface area contributed by atoms with Crippen LogP contribution in [0, 0.1) is 0 Å². The normalized spacial score (nSPS) is 18.7. The molecule has 18 heavy (non-hydrogen) atoms. The number of hydrogen-bond donors (Lipinski definition) is 2. The van der Waals surface area contributed by atoms with Crippen molar-refractivity contribution in [1.29, 1.82) is 0 Å². The van der Waals surface area contributed by atoms with Crippen LogP contribution in [0.4, 0.5) is 0 Å². The van der Waals surface area contributed by atoms with E-state index in [0.29, 0.717) is 18.5 Å². The number of sulfone groups is 1. The first-order valence-corrected chi connectivity index (χ1v) is 8.57. The van der Waals surface area contributed by atoms with Crippen molar-refractivity contribution in [3.63, 3.8) is 0 Å². The fourth-order valence-electron chi connectivity index (χ4n) is 2.10. The minimum atomic E-state index is -2.90. The van der Waals surface area contributed by atoms with Crippen LogP contribution in [0.15, 0.2) is 4.99 Å². The lowest BCUT2D eigenvalue weighted by molar-refractivity contribution is 0.410. The average molecular weight is 275 g/mol. The quantitative estimate of drug-likeness (QED) is 0.578. The van der Waals surface area contributed by atoms with E-state index >= 15 is 0 Å². The van der Waals surface area contributed by atoms with Gasteiger partial charge in [0.1, 0.15) is 0 Å². The monoisotopic (exact) mass is 275 g/mol. The number of aliphatic imine (C=N–C) groups is 1. The molecule has 0 aromatic carbocycles. The van der Waals surface area contributed by atoms with Crippen LogP contribution in [0.3, 0.4) is 0 Å². The summed E-state index contributed by atoms with van der Waals surface area (Å²) in [5, 5.41) is 6.42. The molecule has 0 unspecified atom stereocenters. The molecule has 0 atom stereocenters. The van der Waals surface area contributed by atoms with E-state index in [0.717, 1.165) is 0 Å². The molecule has 0 aromatic heterocycles. The number of nitrogens with one attached hydrogen (secondary N) is 2. The van der Waals surface area contributed by atoms with Crippen molar-refractivity contribution in [2.75, 3.05) is 25.1 Å². The SMILES string of the molecule is CCS(=O)(=O)CCNC(=NC)NC1CCCCC1. The summed E-state index contributed by atoms with van der Waals surface area (Å²) in [6.45, 7) is 2.09. The highest BCUT2D eigenvalue weighted by Crippen LogP contribution is 2.17. The highest BCUT2D eigenvalue weighted by atomic mass is 32.2. The van der Waals surface area contributed by atoms with Crippen LogP contribution in [0.25, 0.3) is 0 Å². The molecule has 1 rings (SSSR count). The van der Waals surface area contributed by atoms with Crippen LogP contribution < -0.4 is 10.6 Å². The molecule has 1 aliphatic carbocycles. The maximum absolute atomic E-state index is 11.4. The average Bonchev–Trinajstić information content (AvgIpc) is 2.38. The second kappa shape index (κ2) is 7.61. The van der Waals surface area contributed by atoms with E-state index in [-0.39, 0.29) is 11.5 Å². The minimum absolute atomic E-state index is 0.162. The van der Waals surface area contributed by atoms with Crippen LogP contribution in [0.5, 0.6) is 0 Å². The van der Waals surface area contributed by atoms with E-state index in [1.165, 1.54) is 32.1 Å². The van der Waals surface area contributed by atoms with Gasteiger partial charge >= 0.3 is 0 Å². The van der Waals surface area contributed by atoms with Gasteiger partial charge in [-0.15, -0.1) is 0 Å². The van der Waals surface area contributed by atoms with E-state index in [1.54, 1.807) is 14.0 Å². The number of hydrogen-bond acceptors (Lipinski definition) is 3. The smallest absolute Gasteiger partial charge is 0.191 e. The summed E-state index contributed by atoms with van der Waals surface area (Å²) in [6.07, 6.45) is 6.19. The Kier molecular flexibility index (Phi) is 6.46. The van der Waals surface area contributed by atoms with Crippen molar-refractivity contribution in [1.82, 2.24) is 10.6 Å². The van der Waals surface area contributed by atoms with E-state index in [1.807, 2.05) is 0 Å². The molecular formula is C12H25N3O2S. The van der Waals surface area contributed by atoms with E-state index in [4.69, 9.17) is 0 Å². The molecule has 0 amide bonds. The second-order valence-electron chi connectivity index (χ2n) is 4.71. The lowest BCUT2D eigenvalue weighted by Gasteiger charge is -2.24. The fourth-order valence-corrected chi connectivity index (χ4v) is 2.81. The number of nitrogens with zero attached hydrogens (tertiary/aromatic N) is 1. The Labute approximate surface area is 110 Å². The molecule has 1 saturated carbocycles. The topological polar surface area (TPSA) is 70.6 Å². The summed E-state index contributed by atoms with van der Waals surface area (Å²) in [5.41, 5.74) is 0. The molecule has 106 valence electrons. The van der Waals surface area contributed by atoms with E-state index in [2.05, 4.69) is 15.6 Å². The summed E-state index contributed by atoms with van der Waals surface area (Å²) in [4.78, 5) is 4.13. The zero-order valence-corrected chi connectivity index (χ0v) is 12.2. The Hall–Kier alpha value is -0.780. The van der Waals surface area contributed by atoms with Crippen molar-refractivity contribution in [3.05, 3.63) is 0 Å². The first-order chi connectivity index (χ1) is 8.57. The van der Waals surface area contributed by atoms with E-state index in [9.17, 15) is 8.42 Å². The third-order valence-electron chi connectivity index (χ3n) is 3.31. The number of rotatable bonds is 5. The highest BCUT2D eigenvalue weighted by molar-refractivity contribution is 7.91. The van der Waals surface area contributed by atoms with Gasteiger partial charge in [-0.3, -0.25) is 4.99 Å². The van der Waals surface area contributed by atoms with Gasteiger partial charge in [0, 0.05) is 25.4 Å². The van der Waals surface area contributed by atoms with Crippen LogP contribution in [-0.2, 0) is 9.84 Å². The Bertz CT molecular complexity index is 360. The molecule has 5 nitrogen and oxygen atoms in total. The molecular weight excluding hydrogens is 250 g/mol. The molecule has 2 N–H and O–H groups in total. The zero-order valence-electron chi connectivity index (χ0n) is 11.4. The highest BCUT2D eigenvalue weighted by Gasteiger charge is 2.14. The Morgan fingerprint density at radius 3 is 2.50 bits per heavy atom. The standard InChI is InChI=1S/C12H25N3O2S/c1-3-18(16,17)10-9-14-12(13-2)15-11-7-5-4-6-8-11/h11H,3-10H2,1-2H3,(H2,13,14,15). The molecule has 6 heteroatoms. The van der Waals surface area contributed by atoms with Crippen molar-refractivity contribution >= 4 is 15.8 Å². The molecule has 1 fully saturated rings. The molecule has 0 heterocycles. The Balaban J connectivity index is 2.29. The summed E-state index contributed by atoms with van der Waals surface area (Å²) in [5.74, 6) is 1.08. The molecule has 1 aliphatic rings. The second-order valence-corrected chi connectivity index (χ2v) is 7.19. The van der Waals surface area contributed by atoms with Crippen LogP contribution in [0.2, 0.25) is 0 Å². The van der Waals surface area contributed by atoms with Gasteiger partial charge in [-0.1, -0.05) is 26.2 Å². The zero-order chi connectivity index (χ0) is 13.4.